The number of hydrogen-bond acceptors (Lipinski definition) is 6. The van der Waals surface area contributed by atoms with Crippen LogP contribution in [0.3, 0.4) is 0 Å². The van der Waals surface area contributed by atoms with E-state index >= 15 is 0 Å². The molecule has 0 atom stereocenters. The number of hydrogen-bond donors (Lipinski definition) is 1. The van der Waals surface area contributed by atoms with Crippen LogP contribution < -0.4 is 0 Å². The minimum absolute atomic E-state index is 0.0465. The molecule has 2 heterocycles. The summed E-state index contributed by atoms with van der Waals surface area (Å²) in [6.07, 6.45) is 0. The lowest BCUT2D eigenvalue weighted by Gasteiger charge is -2.04. The van der Waals surface area contributed by atoms with Gasteiger partial charge in [-0.3, -0.25) is 9.59 Å². The molecule has 26 heavy (non-hydrogen) atoms. The van der Waals surface area contributed by atoms with Crippen LogP contribution in [-0.4, -0.2) is 42.5 Å². The highest BCUT2D eigenvalue weighted by atomic mass is 32.2. The number of tetrazole rings is 1. The van der Waals surface area contributed by atoms with E-state index in [4.69, 9.17) is 0 Å². The Labute approximate surface area is 155 Å². The number of thioether (sulfide) groups is 1. The maximum atomic E-state index is 12.6. The lowest BCUT2D eigenvalue weighted by Crippen LogP contribution is -2.08. The zero-order valence-electron chi connectivity index (χ0n) is 14.8. The summed E-state index contributed by atoms with van der Waals surface area (Å²) < 4.78 is 1.67. The van der Waals surface area contributed by atoms with Gasteiger partial charge in [-0.2, -0.15) is 0 Å². The van der Waals surface area contributed by atoms with E-state index in [2.05, 4.69) is 20.5 Å². The van der Waals surface area contributed by atoms with Crippen LogP contribution in [0.1, 0.15) is 44.6 Å². The molecule has 0 saturated heterocycles. The number of aromatic amines is 1. The third kappa shape index (κ3) is 3.75. The van der Waals surface area contributed by atoms with E-state index in [-0.39, 0.29) is 17.3 Å². The van der Waals surface area contributed by atoms with Gasteiger partial charge in [0, 0.05) is 11.3 Å². The minimum atomic E-state index is -0.0858. The summed E-state index contributed by atoms with van der Waals surface area (Å²) >= 11 is 1.28. The van der Waals surface area contributed by atoms with Gasteiger partial charge in [0.25, 0.3) is 0 Å². The molecule has 0 aliphatic carbocycles. The van der Waals surface area contributed by atoms with E-state index in [1.54, 1.807) is 18.5 Å². The molecule has 3 aromatic rings. The third-order valence-electron chi connectivity index (χ3n) is 4.07. The molecule has 0 bridgehead atoms. The second-order valence-corrected chi connectivity index (χ2v) is 6.94. The summed E-state index contributed by atoms with van der Waals surface area (Å²) in [4.78, 5) is 27.3. The van der Waals surface area contributed by atoms with Gasteiger partial charge in [0.05, 0.1) is 18.0 Å². The smallest absolute Gasteiger partial charge is 0.210 e. The molecule has 0 aliphatic heterocycles. The van der Waals surface area contributed by atoms with Gasteiger partial charge in [-0.25, -0.2) is 4.68 Å². The van der Waals surface area contributed by atoms with Crippen molar-refractivity contribution in [2.75, 3.05) is 5.75 Å². The van der Waals surface area contributed by atoms with Gasteiger partial charge >= 0.3 is 0 Å². The lowest BCUT2D eigenvalue weighted by atomic mass is 10.1. The van der Waals surface area contributed by atoms with Crippen molar-refractivity contribution in [3.8, 4) is 0 Å². The van der Waals surface area contributed by atoms with Gasteiger partial charge in [-0.15, -0.1) is 5.10 Å². The second-order valence-electron chi connectivity index (χ2n) is 6.00. The van der Waals surface area contributed by atoms with Gasteiger partial charge in [0.1, 0.15) is 0 Å². The fourth-order valence-electron chi connectivity index (χ4n) is 2.91. The van der Waals surface area contributed by atoms with Gasteiger partial charge in [-0.1, -0.05) is 42.1 Å². The Morgan fingerprint density at radius 2 is 1.92 bits per heavy atom. The number of carbonyl (C=O) groups is 2. The number of aryl methyl sites for hydroxylation is 1. The number of ketones is 2. The zero-order valence-corrected chi connectivity index (χ0v) is 15.6. The fraction of sp³-hybridized carbons (Fsp3) is 0.278. The Hall–Kier alpha value is -2.74. The maximum Gasteiger partial charge on any atom is 0.210 e. The van der Waals surface area contributed by atoms with Crippen LogP contribution in [-0.2, 0) is 6.54 Å². The number of Topliss-reactive ketones (excluding diaryl/α,β-unsaturated/α-hetero) is 2. The van der Waals surface area contributed by atoms with E-state index in [9.17, 15) is 9.59 Å². The summed E-state index contributed by atoms with van der Waals surface area (Å²) in [7, 11) is 0. The van der Waals surface area contributed by atoms with Gasteiger partial charge in [0.15, 0.2) is 11.6 Å². The second kappa shape index (κ2) is 7.65. The first-order valence-corrected chi connectivity index (χ1v) is 9.12. The Balaban J connectivity index is 1.71. The Morgan fingerprint density at radius 3 is 2.58 bits per heavy atom. The third-order valence-corrected chi connectivity index (χ3v) is 5.03. The highest BCUT2D eigenvalue weighted by Gasteiger charge is 2.20. The average Bonchev–Trinajstić information content (AvgIpc) is 3.17. The summed E-state index contributed by atoms with van der Waals surface area (Å²) in [5, 5.41) is 12.3. The summed E-state index contributed by atoms with van der Waals surface area (Å²) in [6.45, 7) is 5.63. The summed E-state index contributed by atoms with van der Waals surface area (Å²) in [5.41, 5.74) is 3.56. The zero-order chi connectivity index (χ0) is 18.7. The van der Waals surface area contributed by atoms with Crippen LogP contribution in [0.5, 0.6) is 0 Å². The minimum Gasteiger partial charge on any atom is -0.355 e. The largest absolute Gasteiger partial charge is 0.355 e. The molecule has 1 N–H and O–H groups in total. The monoisotopic (exact) mass is 369 g/mol. The molecule has 0 unspecified atom stereocenters. The van der Waals surface area contributed by atoms with Crippen LogP contribution in [0.2, 0.25) is 0 Å². The average molecular weight is 369 g/mol. The lowest BCUT2D eigenvalue weighted by molar-refractivity contribution is 0.101. The first-order valence-electron chi connectivity index (χ1n) is 8.13. The van der Waals surface area contributed by atoms with Crippen LogP contribution in [0.4, 0.5) is 0 Å². The molecule has 1 aromatic carbocycles. The molecule has 0 amide bonds. The Morgan fingerprint density at radius 1 is 1.19 bits per heavy atom. The van der Waals surface area contributed by atoms with Crippen molar-refractivity contribution in [2.24, 2.45) is 0 Å². The molecule has 0 saturated carbocycles. The van der Waals surface area contributed by atoms with Gasteiger partial charge in [0.2, 0.25) is 5.16 Å². The Bertz CT molecular complexity index is 946. The predicted molar refractivity (Wildman–Crippen MR) is 98.7 cm³/mol. The SMILES string of the molecule is CC(=O)c1c(C)[nH]c(C(=O)CSc2nnnn2Cc2ccccc2)c1C. The highest BCUT2D eigenvalue weighted by molar-refractivity contribution is 7.99. The van der Waals surface area contributed by atoms with Crippen LogP contribution in [0.15, 0.2) is 35.5 Å². The number of carbonyl (C=O) groups excluding carboxylic acids is 2. The molecule has 8 heteroatoms. The van der Waals surface area contributed by atoms with Gasteiger partial charge in [-0.05, 0) is 42.3 Å². The normalized spacial score (nSPS) is 10.9. The number of aromatic nitrogens is 5. The van der Waals surface area contributed by atoms with E-state index in [1.165, 1.54) is 18.7 Å². The van der Waals surface area contributed by atoms with E-state index < -0.39 is 0 Å². The first-order chi connectivity index (χ1) is 12.5. The van der Waals surface area contributed by atoms with E-state index in [1.807, 2.05) is 30.3 Å². The number of H-pyrrole nitrogens is 1. The van der Waals surface area contributed by atoms with E-state index in [0.29, 0.717) is 28.5 Å². The highest BCUT2D eigenvalue weighted by Crippen LogP contribution is 2.22. The fourth-order valence-corrected chi connectivity index (χ4v) is 3.66. The summed E-state index contributed by atoms with van der Waals surface area (Å²) in [6, 6.07) is 9.86. The quantitative estimate of drug-likeness (QED) is 0.508. The maximum absolute atomic E-state index is 12.6. The van der Waals surface area contributed by atoms with Crippen molar-refractivity contribution in [3.05, 3.63) is 58.4 Å². The van der Waals surface area contributed by atoms with Crippen molar-refractivity contribution < 1.29 is 9.59 Å². The molecular formula is C18H19N5O2S. The first kappa shape index (κ1) is 18.1. The molecular weight excluding hydrogens is 350 g/mol. The number of nitrogens with zero attached hydrogens (tertiary/aromatic N) is 4. The molecule has 0 radical (unpaired) electrons. The van der Waals surface area contributed by atoms with Crippen molar-refractivity contribution in [1.82, 2.24) is 25.2 Å². The molecule has 7 nitrogen and oxygen atoms in total. The Kier molecular flexibility index (Phi) is 5.32. The van der Waals surface area contributed by atoms with Crippen molar-refractivity contribution in [1.29, 1.82) is 0 Å². The molecule has 0 spiro atoms. The number of rotatable bonds is 7. The molecule has 0 fully saturated rings. The van der Waals surface area contributed by atoms with Crippen molar-refractivity contribution in [3.63, 3.8) is 0 Å². The number of nitrogens with one attached hydrogen (secondary N) is 1. The molecule has 3 rings (SSSR count). The molecule has 2 aromatic heterocycles. The molecule has 134 valence electrons. The van der Waals surface area contributed by atoms with E-state index in [0.717, 1.165) is 11.3 Å². The summed E-state index contributed by atoms with van der Waals surface area (Å²) in [5.74, 6) is 0.0555. The van der Waals surface area contributed by atoms with Crippen LogP contribution in [0.25, 0.3) is 0 Å². The number of benzene rings is 1. The molecule has 0 aliphatic rings. The van der Waals surface area contributed by atoms with Crippen LogP contribution >= 0.6 is 11.8 Å². The van der Waals surface area contributed by atoms with Crippen molar-refractivity contribution in [2.45, 2.75) is 32.5 Å². The van der Waals surface area contributed by atoms with Gasteiger partial charge < -0.3 is 4.98 Å². The predicted octanol–water partition coefficient (Wildman–Crippen LogP) is 2.84. The standard InChI is InChI=1S/C18H19N5O2S/c1-11-16(13(3)24)12(2)19-17(11)15(25)10-26-18-20-21-22-23(18)9-14-7-5-4-6-8-14/h4-8,19H,9-10H2,1-3H3. The van der Waals surface area contributed by atoms with Crippen LogP contribution in [0, 0.1) is 13.8 Å². The van der Waals surface area contributed by atoms with Crippen molar-refractivity contribution >= 4 is 23.3 Å². The topological polar surface area (TPSA) is 93.5 Å².